The number of carbonyl (C=O) groups excluding carboxylic acids is 1. The highest BCUT2D eigenvalue weighted by atomic mass is 35.5. The van der Waals surface area contributed by atoms with E-state index in [0.29, 0.717) is 15.7 Å². The molecule has 0 aliphatic heterocycles. The van der Waals surface area contributed by atoms with E-state index in [2.05, 4.69) is 10.5 Å². The number of hydrogen-bond donors (Lipinski definition) is 1. The molecule has 32 heavy (non-hydrogen) atoms. The summed E-state index contributed by atoms with van der Waals surface area (Å²) >= 11 is 12.3. The normalized spacial score (nSPS) is 11.7. The Morgan fingerprint density at radius 2 is 1.84 bits per heavy atom. The molecule has 1 heterocycles. The van der Waals surface area contributed by atoms with E-state index in [0.717, 1.165) is 33.2 Å². The van der Waals surface area contributed by atoms with E-state index < -0.39 is 22.5 Å². The highest BCUT2D eigenvalue weighted by molar-refractivity contribution is 7.92. The quantitative estimate of drug-likeness (QED) is 0.393. The Balaban J connectivity index is 1.75. The first kappa shape index (κ1) is 23.8. The van der Waals surface area contributed by atoms with Crippen LogP contribution in [0.2, 0.25) is 10.0 Å². The van der Waals surface area contributed by atoms with Crippen molar-refractivity contribution >= 4 is 51.0 Å². The van der Waals surface area contributed by atoms with Crippen LogP contribution in [-0.2, 0) is 14.8 Å². The lowest BCUT2D eigenvalue weighted by molar-refractivity contribution is -0.119. The molecule has 0 bridgehead atoms. The summed E-state index contributed by atoms with van der Waals surface area (Å²) in [6.45, 7) is 3.43. The fourth-order valence-corrected chi connectivity index (χ4v) is 4.55. The zero-order valence-corrected chi connectivity index (χ0v) is 20.0. The second-order valence-electron chi connectivity index (χ2n) is 7.16. The maximum absolute atomic E-state index is 12.4. The number of nitrogens with zero attached hydrogens (tertiary/aromatic N) is 3. The molecule has 0 saturated carbocycles. The predicted molar refractivity (Wildman–Crippen MR) is 130 cm³/mol. The number of hydrazone groups is 1. The van der Waals surface area contributed by atoms with Crippen LogP contribution in [0, 0.1) is 13.8 Å². The number of halogens is 2. The zero-order chi connectivity index (χ0) is 23.5. The van der Waals surface area contributed by atoms with Gasteiger partial charge in [-0.1, -0.05) is 41.4 Å². The van der Waals surface area contributed by atoms with Gasteiger partial charge in [-0.05, 0) is 50.2 Å². The number of nitrogens with one attached hydrogen (secondary N) is 1. The van der Waals surface area contributed by atoms with Crippen LogP contribution >= 0.6 is 23.2 Å². The minimum absolute atomic E-state index is 0.294. The Bertz CT molecular complexity index is 1290. The van der Waals surface area contributed by atoms with Gasteiger partial charge in [0.05, 0.1) is 28.9 Å². The Morgan fingerprint density at radius 3 is 2.50 bits per heavy atom. The van der Waals surface area contributed by atoms with Crippen molar-refractivity contribution in [3.8, 4) is 5.69 Å². The Kier molecular flexibility index (Phi) is 7.28. The van der Waals surface area contributed by atoms with E-state index in [-0.39, 0.29) is 0 Å². The molecule has 7 nitrogen and oxygen atoms in total. The molecule has 1 aromatic heterocycles. The minimum atomic E-state index is -3.70. The van der Waals surface area contributed by atoms with Crippen LogP contribution in [-0.4, -0.2) is 37.9 Å². The van der Waals surface area contributed by atoms with Crippen LogP contribution in [0.3, 0.4) is 0 Å². The van der Waals surface area contributed by atoms with Crippen molar-refractivity contribution in [2.45, 2.75) is 13.8 Å². The monoisotopic (exact) mass is 492 g/mol. The first-order valence-corrected chi connectivity index (χ1v) is 12.2. The summed E-state index contributed by atoms with van der Waals surface area (Å²) < 4.78 is 27.3. The average Bonchev–Trinajstić information content (AvgIpc) is 2.99. The molecule has 0 atom stereocenters. The predicted octanol–water partition coefficient (Wildman–Crippen LogP) is 4.32. The maximum Gasteiger partial charge on any atom is 0.260 e. The third-order valence-electron chi connectivity index (χ3n) is 4.74. The van der Waals surface area contributed by atoms with Gasteiger partial charge in [-0.2, -0.15) is 5.10 Å². The molecule has 0 spiro atoms. The van der Waals surface area contributed by atoms with Gasteiger partial charge < -0.3 is 4.57 Å². The van der Waals surface area contributed by atoms with Crippen molar-refractivity contribution < 1.29 is 13.2 Å². The summed E-state index contributed by atoms with van der Waals surface area (Å²) in [6, 6.07) is 15.7. The molecule has 1 amide bonds. The second-order valence-corrected chi connectivity index (χ2v) is 9.91. The van der Waals surface area contributed by atoms with Gasteiger partial charge in [0.15, 0.2) is 0 Å². The number of para-hydroxylation sites is 1. The first-order chi connectivity index (χ1) is 15.1. The lowest BCUT2D eigenvalue weighted by Gasteiger charge is -2.21. The molecule has 2 aromatic carbocycles. The summed E-state index contributed by atoms with van der Waals surface area (Å²) in [5.74, 6) is -0.591. The highest BCUT2D eigenvalue weighted by Crippen LogP contribution is 2.25. The number of anilines is 1. The fourth-order valence-electron chi connectivity index (χ4n) is 3.29. The molecule has 10 heteroatoms. The number of hydrogen-bond acceptors (Lipinski definition) is 4. The van der Waals surface area contributed by atoms with E-state index in [9.17, 15) is 13.2 Å². The standard InChI is InChI=1S/C22H22Cl2N4O3S/c1-15-11-17(16(2)28(15)21-10-5-4-9-20(21)24)13-25-26-22(29)14-27(32(3,30)31)19-8-6-7-18(23)12-19/h4-13H,14H2,1-3H3,(H,26,29)/b25-13-. The van der Waals surface area contributed by atoms with Crippen molar-refractivity contribution in [1.82, 2.24) is 9.99 Å². The van der Waals surface area contributed by atoms with Crippen LogP contribution in [0.1, 0.15) is 17.0 Å². The molecule has 168 valence electrons. The van der Waals surface area contributed by atoms with E-state index in [1.165, 1.54) is 12.3 Å². The molecule has 0 aliphatic rings. The number of carbonyl (C=O) groups is 1. The lowest BCUT2D eigenvalue weighted by atomic mass is 10.2. The van der Waals surface area contributed by atoms with E-state index in [4.69, 9.17) is 23.2 Å². The third kappa shape index (κ3) is 5.51. The molecule has 1 N–H and O–H groups in total. The van der Waals surface area contributed by atoms with Gasteiger partial charge in [-0.25, -0.2) is 13.8 Å². The molecule has 3 rings (SSSR count). The van der Waals surface area contributed by atoms with Gasteiger partial charge in [0.2, 0.25) is 10.0 Å². The summed E-state index contributed by atoms with van der Waals surface area (Å²) in [5.41, 5.74) is 6.16. The second kappa shape index (κ2) is 9.77. The Hall–Kier alpha value is -2.81. The van der Waals surface area contributed by atoms with E-state index in [1.54, 1.807) is 18.2 Å². The number of benzene rings is 2. The highest BCUT2D eigenvalue weighted by Gasteiger charge is 2.21. The Labute approximate surface area is 197 Å². The number of amides is 1. The summed E-state index contributed by atoms with van der Waals surface area (Å²) in [7, 11) is -3.70. The zero-order valence-electron chi connectivity index (χ0n) is 17.7. The van der Waals surface area contributed by atoms with Crippen LogP contribution in [0.5, 0.6) is 0 Å². The van der Waals surface area contributed by atoms with Crippen LogP contribution in [0.4, 0.5) is 5.69 Å². The summed E-state index contributed by atoms with van der Waals surface area (Å²) in [5, 5.41) is 4.98. The first-order valence-electron chi connectivity index (χ1n) is 9.57. The third-order valence-corrected chi connectivity index (χ3v) is 6.44. The van der Waals surface area contributed by atoms with E-state index in [1.807, 2.05) is 48.7 Å². The maximum atomic E-state index is 12.4. The molecule has 0 unspecified atom stereocenters. The molecule has 0 radical (unpaired) electrons. The number of aryl methyl sites for hydroxylation is 1. The SMILES string of the molecule is Cc1cc(/C=N\NC(=O)CN(c2cccc(Cl)c2)S(C)(=O)=O)c(C)n1-c1ccccc1Cl. The molecular weight excluding hydrogens is 471 g/mol. The minimum Gasteiger partial charge on any atom is -0.316 e. The van der Waals surface area contributed by atoms with Gasteiger partial charge in [0.1, 0.15) is 6.54 Å². The van der Waals surface area contributed by atoms with Crippen molar-refractivity contribution in [2.24, 2.45) is 5.10 Å². The number of sulfonamides is 1. The van der Waals surface area contributed by atoms with Crippen LogP contribution < -0.4 is 9.73 Å². The molecule has 0 fully saturated rings. The molecule has 3 aromatic rings. The van der Waals surface area contributed by atoms with Crippen molar-refractivity contribution in [2.75, 3.05) is 17.1 Å². The van der Waals surface area contributed by atoms with Crippen LogP contribution in [0.25, 0.3) is 5.69 Å². The van der Waals surface area contributed by atoms with E-state index >= 15 is 0 Å². The number of aromatic nitrogens is 1. The molecular formula is C22H22Cl2N4O3S. The van der Waals surface area contributed by atoms with Gasteiger partial charge in [0, 0.05) is 22.0 Å². The summed E-state index contributed by atoms with van der Waals surface area (Å²) in [6.07, 6.45) is 2.53. The average molecular weight is 493 g/mol. The Morgan fingerprint density at radius 1 is 1.12 bits per heavy atom. The van der Waals surface area contributed by atoms with Crippen molar-refractivity contribution in [3.05, 3.63) is 81.6 Å². The fraction of sp³-hybridized carbons (Fsp3) is 0.182. The molecule has 0 saturated heterocycles. The van der Waals surface area contributed by atoms with Gasteiger partial charge in [-0.15, -0.1) is 0 Å². The van der Waals surface area contributed by atoms with Crippen molar-refractivity contribution in [3.63, 3.8) is 0 Å². The topological polar surface area (TPSA) is 83.8 Å². The largest absolute Gasteiger partial charge is 0.316 e. The number of rotatable bonds is 7. The smallest absolute Gasteiger partial charge is 0.260 e. The lowest BCUT2D eigenvalue weighted by Crippen LogP contribution is -2.39. The van der Waals surface area contributed by atoms with Gasteiger partial charge in [0.25, 0.3) is 5.91 Å². The van der Waals surface area contributed by atoms with Gasteiger partial charge in [-0.3, -0.25) is 9.10 Å². The van der Waals surface area contributed by atoms with Gasteiger partial charge >= 0.3 is 0 Å². The molecule has 0 aliphatic carbocycles. The van der Waals surface area contributed by atoms with Crippen molar-refractivity contribution in [1.29, 1.82) is 0 Å². The van der Waals surface area contributed by atoms with Crippen LogP contribution in [0.15, 0.2) is 59.7 Å². The summed E-state index contributed by atoms with van der Waals surface area (Å²) in [4.78, 5) is 12.4.